The van der Waals surface area contributed by atoms with Crippen LogP contribution < -0.4 is 10.5 Å². The Morgan fingerprint density at radius 3 is 2.63 bits per heavy atom. The fraction of sp³-hybridized carbons (Fsp3) is 0.200. The van der Waals surface area contributed by atoms with Gasteiger partial charge in [0, 0.05) is 24.7 Å². The lowest BCUT2D eigenvalue weighted by Crippen LogP contribution is -2.36. The highest BCUT2D eigenvalue weighted by Gasteiger charge is 2.23. The van der Waals surface area contributed by atoms with Crippen molar-refractivity contribution in [3.05, 3.63) is 64.8 Å². The minimum absolute atomic E-state index is 0.230. The van der Waals surface area contributed by atoms with Crippen LogP contribution in [-0.4, -0.2) is 41.1 Å². The van der Waals surface area contributed by atoms with Gasteiger partial charge >= 0.3 is 0 Å². The van der Waals surface area contributed by atoms with Crippen LogP contribution in [0.3, 0.4) is 0 Å². The molecule has 136 valence electrons. The van der Waals surface area contributed by atoms with E-state index in [0.717, 1.165) is 0 Å². The number of ether oxygens (including phenoxy) is 1. The highest BCUT2D eigenvalue weighted by Crippen LogP contribution is 2.32. The number of nitrogens with zero attached hydrogens (tertiary/aromatic N) is 3. The van der Waals surface area contributed by atoms with Gasteiger partial charge in [0.2, 0.25) is 0 Å². The summed E-state index contributed by atoms with van der Waals surface area (Å²) in [5.41, 5.74) is 2.26. The smallest absolute Gasteiger partial charge is 0.282 e. The Kier molecular flexibility index (Phi) is 3.68. The molecule has 0 atom stereocenters. The number of fused-ring (bicyclic) bond motifs is 3. The highest BCUT2D eigenvalue weighted by molar-refractivity contribution is 5.95. The van der Waals surface area contributed by atoms with Gasteiger partial charge in [-0.15, -0.1) is 0 Å². The number of para-hydroxylation sites is 1. The molecule has 1 saturated heterocycles. The third kappa shape index (κ3) is 2.50. The van der Waals surface area contributed by atoms with E-state index in [1.807, 2.05) is 41.3 Å². The van der Waals surface area contributed by atoms with E-state index >= 15 is 4.39 Å². The molecule has 3 aliphatic rings. The number of aromatic nitrogens is 3. The molecule has 5 rings (SSSR count). The second kappa shape index (κ2) is 6.21. The molecular weight excluding hydrogens is 347 g/mol. The molecule has 6 nitrogen and oxygen atoms in total. The molecule has 2 aromatic rings. The molecule has 27 heavy (non-hydrogen) atoms. The monoisotopic (exact) mass is 364 g/mol. The Balaban J connectivity index is 1.70. The lowest BCUT2D eigenvalue weighted by atomic mass is 10.1. The lowest BCUT2D eigenvalue weighted by Gasteiger charge is -2.29. The minimum atomic E-state index is -0.335. The largest absolute Gasteiger partial charge is 0.378 e. The van der Waals surface area contributed by atoms with Gasteiger partial charge in [-0.25, -0.2) is 4.39 Å². The summed E-state index contributed by atoms with van der Waals surface area (Å²) >= 11 is 0. The first-order valence-corrected chi connectivity index (χ1v) is 8.85. The van der Waals surface area contributed by atoms with Crippen LogP contribution in [0.4, 0.5) is 10.1 Å². The Bertz CT molecular complexity index is 1150. The zero-order chi connectivity index (χ0) is 18.4. The molecule has 0 aromatic heterocycles. The van der Waals surface area contributed by atoms with Crippen molar-refractivity contribution < 1.29 is 9.13 Å². The molecule has 0 saturated carbocycles. The first-order chi connectivity index (χ1) is 13.2. The number of H-pyrrole nitrogens is 1. The van der Waals surface area contributed by atoms with Crippen LogP contribution in [0.2, 0.25) is 0 Å². The van der Waals surface area contributed by atoms with E-state index in [9.17, 15) is 4.79 Å². The first kappa shape index (κ1) is 16.0. The standard InChI is InChI=1S/C20H17FN4O2/c21-17-16(24-8-10-27-11-9-24)7-6-14-18-15(12-22-19(14)17)20(26)25(23-18)13-4-2-1-3-5-13/h1-7,12,22H,8-11H2. The number of anilines is 1. The Labute approximate surface area is 154 Å². The van der Waals surface area contributed by atoms with Crippen molar-refractivity contribution in [2.24, 2.45) is 0 Å². The van der Waals surface area contributed by atoms with Gasteiger partial charge in [-0.1, -0.05) is 18.2 Å². The number of hydrogen-bond acceptors (Lipinski definition) is 4. The molecule has 3 heterocycles. The predicted molar refractivity (Wildman–Crippen MR) is 101 cm³/mol. The van der Waals surface area contributed by atoms with Crippen LogP contribution in [0.5, 0.6) is 0 Å². The van der Waals surface area contributed by atoms with Gasteiger partial charge in [0.05, 0.1) is 35.7 Å². The van der Waals surface area contributed by atoms with Crippen LogP contribution in [0.15, 0.2) is 53.5 Å². The SMILES string of the molecule is O=c1c2c[nH]c3c(F)c(N4CCOCC4)ccc3c-2nn1-c1ccccc1. The molecule has 1 fully saturated rings. The number of nitrogens with one attached hydrogen (secondary N) is 1. The maximum absolute atomic E-state index is 15.2. The van der Waals surface area contributed by atoms with Gasteiger partial charge < -0.3 is 14.6 Å². The zero-order valence-corrected chi connectivity index (χ0v) is 14.5. The summed E-state index contributed by atoms with van der Waals surface area (Å²) in [5, 5.41) is 5.07. The average Bonchev–Trinajstić information content (AvgIpc) is 3.07. The molecule has 0 unspecified atom stereocenters. The van der Waals surface area contributed by atoms with Gasteiger partial charge in [0.25, 0.3) is 5.56 Å². The maximum atomic E-state index is 15.2. The van der Waals surface area contributed by atoms with E-state index in [-0.39, 0.29) is 11.4 Å². The van der Waals surface area contributed by atoms with E-state index in [4.69, 9.17) is 4.74 Å². The van der Waals surface area contributed by atoms with Gasteiger partial charge in [-0.3, -0.25) is 4.79 Å². The fourth-order valence-electron chi connectivity index (χ4n) is 3.58. The molecule has 0 amide bonds. The van der Waals surface area contributed by atoms with Gasteiger partial charge in [-0.05, 0) is 24.3 Å². The Morgan fingerprint density at radius 1 is 1.07 bits per heavy atom. The third-order valence-electron chi connectivity index (χ3n) is 4.97. The van der Waals surface area contributed by atoms with Crippen molar-refractivity contribution in [3.8, 4) is 16.9 Å². The predicted octanol–water partition coefficient (Wildman–Crippen LogP) is 2.79. The summed E-state index contributed by atoms with van der Waals surface area (Å²) < 4.78 is 21.9. The lowest BCUT2D eigenvalue weighted by molar-refractivity contribution is 0.122. The number of rotatable bonds is 2. The average molecular weight is 364 g/mol. The van der Waals surface area contributed by atoms with Crippen LogP contribution in [-0.2, 0) is 4.74 Å². The van der Waals surface area contributed by atoms with Crippen LogP contribution in [0.25, 0.3) is 27.8 Å². The Morgan fingerprint density at radius 2 is 1.85 bits per heavy atom. The molecule has 0 spiro atoms. The van der Waals surface area contributed by atoms with Crippen molar-refractivity contribution in [1.82, 2.24) is 14.8 Å². The summed E-state index contributed by atoms with van der Waals surface area (Å²) in [6.07, 6.45) is 1.54. The number of halogens is 1. The second-order valence-electron chi connectivity index (χ2n) is 6.52. The molecule has 7 heteroatoms. The topological polar surface area (TPSA) is 63.1 Å². The van der Waals surface area contributed by atoms with E-state index in [1.165, 1.54) is 4.68 Å². The summed E-state index contributed by atoms with van der Waals surface area (Å²) in [4.78, 5) is 17.7. The molecule has 0 bridgehead atoms. The van der Waals surface area contributed by atoms with E-state index < -0.39 is 0 Å². The summed E-state index contributed by atoms with van der Waals surface area (Å²) in [6, 6.07) is 12.8. The number of pyridine rings is 1. The van der Waals surface area contributed by atoms with Crippen molar-refractivity contribution >= 4 is 16.6 Å². The van der Waals surface area contributed by atoms with Crippen LogP contribution in [0.1, 0.15) is 0 Å². The van der Waals surface area contributed by atoms with Crippen molar-refractivity contribution in [2.75, 3.05) is 31.2 Å². The Hall–Kier alpha value is -3.19. The molecular formula is C20H17FN4O2. The first-order valence-electron chi connectivity index (χ1n) is 8.85. The second-order valence-corrected chi connectivity index (χ2v) is 6.52. The number of benzene rings is 2. The van der Waals surface area contributed by atoms with E-state index in [1.54, 1.807) is 12.3 Å². The number of hydrogen-bond donors (Lipinski definition) is 1. The minimum Gasteiger partial charge on any atom is -0.378 e. The molecule has 3 aliphatic heterocycles. The third-order valence-corrected chi connectivity index (χ3v) is 4.97. The fourth-order valence-corrected chi connectivity index (χ4v) is 3.58. The molecule has 2 aromatic carbocycles. The van der Waals surface area contributed by atoms with E-state index in [2.05, 4.69) is 10.1 Å². The maximum Gasteiger partial charge on any atom is 0.282 e. The van der Waals surface area contributed by atoms with Crippen molar-refractivity contribution in [3.63, 3.8) is 0 Å². The zero-order valence-electron chi connectivity index (χ0n) is 14.5. The van der Waals surface area contributed by atoms with Crippen molar-refractivity contribution in [1.29, 1.82) is 0 Å². The number of aromatic amines is 1. The summed E-state index contributed by atoms with van der Waals surface area (Å²) in [6.45, 7) is 2.47. The van der Waals surface area contributed by atoms with E-state index in [0.29, 0.717) is 59.8 Å². The van der Waals surface area contributed by atoms with Crippen LogP contribution in [0, 0.1) is 5.82 Å². The molecule has 1 N–H and O–H groups in total. The highest BCUT2D eigenvalue weighted by atomic mass is 19.1. The van der Waals surface area contributed by atoms with Gasteiger partial charge in [-0.2, -0.15) is 9.78 Å². The van der Waals surface area contributed by atoms with Gasteiger partial charge in [0.1, 0.15) is 5.69 Å². The van der Waals surface area contributed by atoms with Crippen LogP contribution >= 0.6 is 0 Å². The molecule has 0 aliphatic carbocycles. The normalized spacial score (nSPS) is 14.9. The molecule has 0 radical (unpaired) electrons. The summed E-state index contributed by atoms with van der Waals surface area (Å²) in [7, 11) is 0. The quantitative estimate of drug-likeness (QED) is 0.594. The summed E-state index contributed by atoms with van der Waals surface area (Å²) in [5.74, 6) is -0.335. The van der Waals surface area contributed by atoms with Crippen molar-refractivity contribution in [2.45, 2.75) is 0 Å². The van der Waals surface area contributed by atoms with Gasteiger partial charge in [0.15, 0.2) is 5.82 Å². The number of morpholine rings is 1.